The van der Waals surface area contributed by atoms with E-state index in [0.29, 0.717) is 0 Å². The number of likely N-dealkylation sites (N-methyl/N-ethyl adjacent to an activating group) is 1. The number of rotatable bonds is 3. The topological polar surface area (TPSA) is 188 Å². The Morgan fingerprint density at radius 1 is 1.18 bits per heavy atom. The van der Waals surface area contributed by atoms with Crippen LogP contribution in [0.4, 0.5) is 0 Å². The van der Waals surface area contributed by atoms with E-state index in [-0.39, 0.29) is 35.1 Å². The van der Waals surface area contributed by atoms with Crippen molar-refractivity contribution in [3.8, 4) is 5.75 Å². The van der Waals surface area contributed by atoms with Gasteiger partial charge in [0.15, 0.2) is 11.4 Å². The van der Waals surface area contributed by atoms with Gasteiger partial charge in [-0.3, -0.25) is 19.3 Å². The summed E-state index contributed by atoms with van der Waals surface area (Å²) in [5.41, 5.74) is 1.44. The molecule has 4 rings (SSSR count). The first-order valence-electron chi connectivity index (χ1n) is 10.5. The third-order valence-electron chi connectivity index (χ3n) is 7.01. The van der Waals surface area contributed by atoms with Crippen molar-refractivity contribution in [2.45, 2.75) is 24.5 Å². The van der Waals surface area contributed by atoms with Crippen LogP contribution in [-0.4, -0.2) is 81.6 Å². The molecule has 11 nitrogen and oxygen atoms in total. The summed E-state index contributed by atoms with van der Waals surface area (Å²) in [4.78, 5) is 52.3. The lowest BCUT2D eigenvalue weighted by molar-refractivity contribution is -0.148. The molecular formula is C23H24N2O9. The number of carbonyl (C=O) groups is 4. The molecule has 0 aliphatic heterocycles. The number of ether oxygens (including phenoxy) is 1. The van der Waals surface area contributed by atoms with E-state index < -0.39 is 69.8 Å². The van der Waals surface area contributed by atoms with Crippen LogP contribution in [0.5, 0.6) is 5.75 Å². The molecule has 0 saturated heterocycles. The van der Waals surface area contributed by atoms with Crippen molar-refractivity contribution in [3.05, 3.63) is 51.5 Å². The predicted molar refractivity (Wildman–Crippen MR) is 115 cm³/mol. The molecule has 0 aromatic heterocycles. The number of nitrogens with zero attached hydrogens (tertiary/aromatic N) is 1. The second-order valence-electron chi connectivity index (χ2n) is 8.94. The maximum Gasteiger partial charge on any atom is 0.338 e. The molecule has 0 fully saturated rings. The standard InChI is InChI=1S/C23H24N2O9/c1-25(2)16-11-7-8-6-10-9(22(32)34-3)4-5-12(26)14(10)17(27)13(8)19(29)23(11,33)20(30)15(18(16)28)21(24)31/h4-5,8,11,16,26,28-29,33H,6-7H2,1-3H3,(H2,24,31)/t8-,11-,16-,23-/m1/s1. The average molecular weight is 472 g/mol. The second-order valence-corrected chi connectivity index (χ2v) is 8.94. The number of primary amides is 1. The fourth-order valence-corrected chi connectivity index (χ4v) is 5.55. The van der Waals surface area contributed by atoms with Gasteiger partial charge >= 0.3 is 5.97 Å². The molecule has 4 atom stereocenters. The first-order valence-corrected chi connectivity index (χ1v) is 10.5. The van der Waals surface area contributed by atoms with Gasteiger partial charge in [-0.25, -0.2) is 4.79 Å². The molecule has 3 aliphatic rings. The summed E-state index contributed by atoms with van der Waals surface area (Å²) in [7, 11) is 4.26. The Hall–Kier alpha value is -3.70. The Kier molecular flexibility index (Phi) is 5.29. The molecule has 0 spiro atoms. The Morgan fingerprint density at radius 3 is 2.38 bits per heavy atom. The van der Waals surface area contributed by atoms with Gasteiger partial charge in [-0.05, 0) is 50.6 Å². The minimum atomic E-state index is -2.71. The number of aromatic hydroxyl groups is 1. The smallest absolute Gasteiger partial charge is 0.338 e. The van der Waals surface area contributed by atoms with Crippen LogP contribution in [0.15, 0.2) is 34.8 Å². The van der Waals surface area contributed by atoms with Gasteiger partial charge in [0.1, 0.15) is 22.8 Å². The highest BCUT2D eigenvalue weighted by atomic mass is 16.5. The van der Waals surface area contributed by atoms with E-state index in [9.17, 15) is 39.6 Å². The Balaban J connectivity index is 1.97. The number of fused-ring (bicyclic) bond motifs is 3. The molecule has 0 saturated carbocycles. The van der Waals surface area contributed by atoms with Crippen LogP contribution in [0.25, 0.3) is 0 Å². The maximum atomic E-state index is 13.4. The molecule has 0 unspecified atom stereocenters. The molecule has 11 heteroatoms. The van der Waals surface area contributed by atoms with E-state index >= 15 is 0 Å². The molecular weight excluding hydrogens is 448 g/mol. The van der Waals surface area contributed by atoms with E-state index in [2.05, 4.69) is 0 Å². The van der Waals surface area contributed by atoms with Crippen LogP contribution in [-0.2, 0) is 20.7 Å². The van der Waals surface area contributed by atoms with Crippen molar-refractivity contribution in [1.82, 2.24) is 4.90 Å². The summed E-state index contributed by atoms with van der Waals surface area (Å²) >= 11 is 0. The van der Waals surface area contributed by atoms with Crippen molar-refractivity contribution in [3.63, 3.8) is 0 Å². The predicted octanol–water partition coefficient (Wildman–Crippen LogP) is -0.0928. The fraction of sp³-hybridized carbons (Fsp3) is 0.391. The van der Waals surface area contributed by atoms with Crippen molar-refractivity contribution >= 4 is 23.4 Å². The van der Waals surface area contributed by atoms with Gasteiger partial charge in [0.05, 0.1) is 24.3 Å². The van der Waals surface area contributed by atoms with Gasteiger partial charge in [0.25, 0.3) is 5.91 Å². The summed E-state index contributed by atoms with van der Waals surface area (Å²) in [5.74, 6) is -8.16. The van der Waals surface area contributed by atoms with Crippen molar-refractivity contribution in [2.75, 3.05) is 21.2 Å². The number of hydrogen-bond donors (Lipinski definition) is 5. The van der Waals surface area contributed by atoms with Crippen LogP contribution < -0.4 is 5.73 Å². The number of hydrogen-bond acceptors (Lipinski definition) is 10. The number of phenolic OH excluding ortho intramolecular Hbond substituents is 1. The molecule has 1 aromatic rings. The Bertz CT molecular complexity index is 1230. The van der Waals surface area contributed by atoms with Gasteiger partial charge in [0, 0.05) is 11.5 Å². The third-order valence-corrected chi connectivity index (χ3v) is 7.01. The zero-order valence-electron chi connectivity index (χ0n) is 18.7. The SMILES string of the molecule is COC(=O)c1ccc(O)c2c1C[C@@H]1C[C@@H]3[C@@H](N(C)C)C(O)=C(C(N)=O)C(=O)[C@]3(O)C(O)=C1C2=O. The quantitative estimate of drug-likeness (QED) is 0.294. The summed E-state index contributed by atoms with van der Waals surface area (Å²) in [6.45, 7) is 0. The van der Waals surface area contributed by atoms with E-state index in [1.165, 1.54) is 18.1 Å². The molecule has 3 aliphatic carbocycles. The number of methoxy groups -OCH3 is 1. The molecule has 1 amide bonds. The molecule has 6 N–H and O–H groups in total. The summed E-state index contributed by atoms with van der Waals surface area (Å²) in [6.07, 6.45) is -0.0601. The number of carbonyl (C=O) groups excluding carboxylic acids is 4. The third kappa shape index (κ3) is 2.90. The summed E-state index contributed by atoms with van der Waals surface area (Å²) in [6, 6.07) is 1.37. The Morgan fingerprint density at radius 2 is 1.82 bits per heavy atom. The lowest BCUT2D eigenvalue weighted by Crippen LogP contribution is -2.63. The number of amides is 1. The van der Waals surface area contributed by atoms with E-state index in [4.69, 9.17) is 10.5 Å². The number of benzene rings is 1. The highest BCUT2D eigenvalue weighted by molar-refractivity contribution is 6.25. The van der Waals surface area contributed by atoms with Gasteiger partial charge in [-0.15, -0.1) is 0 Å². The number of ketones is 2. The normalized spacial score (nSPS) is 28.4. The van der Waals surface area contributed by atoms with Crippen LogP contribution >= 0.6 is 0 Å². The number of aliphatic hydroxyl groups excluding tert-OH is 2. The number of nitrogens with two attached hydrogens (primary N) is 1. The van der Waals surface area contributed by atoms with E-state index in [1.54, 1.807) is 14.1 Å². The molecule has 0 radical (unpaired) electrons. The number of allylic oxidation sites excluding steroid dienone is 1. The molecule has 34 heavy (non-hydrogen) atoms. The zero-order chi connectivity index (χ0) is 25.3. The zero-order valence-corrected chi connectivity index (χ0v) is 18.7. The number of esters is 1. The molecule has 1 aromatic carbocycles. The Labute approximate surface area is 193 Å². The van der Waals surface area contributed by atoms with Crippen molar-refractivity contribution < 1.29 is 44.3 Å². The lowest BCUT2D eigenvalue weighted by Gasteiger charge is -2.50. The number of Topliss-reactive ketones (excluding diaryl/α,β-unsaturated/α-hetero) is 2. The molecule has 0 bridgehead atoms. The van der Waals surface area contributed by atoms with Crippen LogP contribution in [0.2, 0.25) is 0 Å². The van der Waals surface area contributed by atoms with Gasteiger partial charge in [-0.2, -0.15) is 0 Å². The van der Waals surface area contributed by atoms with Gasteiger partial charge in [0.2, 0.25) is 5.78 Å². The minimum absolute atomic E-state index is 0.00731. The molecule has 0 heterocycles. The average Bonchev–Trinajstić information content (AvgIpc) is 2.75. The van der Waals surface area contributed by atoms with Crippen LogP contribution in [0, 0.1) is 11.8 Å². The van der Waals surface area contributed by atoms with Gasteiger partial charge in [-0.1, -0.05) is 0 Å². The highest BCUT2D eigenvalue weighted by Gasteiger charge is 2.63. The largest absolute Gasteiger partial charge is 0.510 e. The fourth-order valence-electron chi connectivity index (χ4n) is 5.55. The first kappa shape index (κ1) is 23.5. The molecule has 180 valence electrons. The first-order chi connectivity index (χ1) is 15.9. The van der Waals surface area contributed by atoms with Crippen molar-refractivity contribution in [1.29, 1.82) is 0 Å². The number of aliphatic hydroxyl groups is 3. The minimum Gasteiger partial charge on any atom is -0.510 e. The maximum absolute atomic E-state index is 13.4. The van der Waals surface area contributed by atoms with Crippen LogP contribution in [0.1, 0.15) is 32.7 Å². The summed E-state index contributed by atoms with van der Waals surface area (Å²) < 4.78 is 4.78. The monoisotopic (exact) mass is 472 g/mol. The second kappa shape index (κ2) is 7.67. The lowest BCUT2D eigenvalue weighted by atomic mass is 9.58. The van der Waals surface area contributed by atoms with Crippen molar-refractivity contribution in [2.24, 2.45) is 17.6 Å². The summed E-state index contributed by atoms with van der Waals surface area (Å²) in [5, 5.41) is 43.8. The van der Waals surface area contributed by atoms with E-state index in [1.807, 2.05) is 0 Å². The highest BCUT2D eigenvalue weighted by Crippen LogP contribution is 2.52. The number of phenols is 1. The van der Waals surface area contributed by atoms with Crippen LogP contribution in [0.3, 0.4) is 0 Å². The van der Waals surface area contributed by atoms with Gasteiger partial charge < -0.3 is 30.9 Å². The van der Waals surface area contributed by atoms with E-state index in [0.717, 1.165) is 6.07 Å².